The van der Waals surface area contributed by atoms with E-state index in [1.807, 2.05) is 67.6 Å². The van der Waals surface area contributed by atoms with Crippen LogP contribution in [0.4, 0.5) is 4.79 Å². The maximum atomic E-state index is 13.7. The molecule has 0 saturated carbocycles. The van der Waals surface area contributed by atoms with Crippen LogP contribution in [0.15, 0.2) is 60.7 Å². The summed E-state index contributed by atoms with van der Waals surface area (Å²) < 4.78 is 15.5. The molecule has 0 aliphatic carbocycles. The number of rotatable bonds is 14. The van der Waals surface area contributed by atoms with Gasteiger partial charge in [-0.1, -0.05) is 60.7 Å². The van der Waals surface area contributed by atoms with Crippen molar-refractivity contribution in [3.63, 3.8) is 0 Å². The van der Waals surface area contributed by atoms with Gasteiger partial charge in [0.15, 0.2) is 6.29 Å². The molecule has 0 bridgehead atoms. The lowest BCUT2D eigenvalue weighted by Gasteiger charge is -2.31. The second-order valence-corrected chi connectivity index (χ2v) is 7.80. The summed E-state index contributed by atoms with van der Waals surface area (Å²) in [6, 6.07) is 18.4. The molecule has 2 aromatic carbocycles. The number of ether oxygens (including phenoxy) is 3. The molecule has 9 heteroatoms. The summed E-state index contributed by atoms with van der Waals surface area (Å²) in [5, 5.41) is 5.10. The number of hydrogen-bond donors (Lipinski definition) is 2. The van der Waals surface area contributed by atoms with Gasteiger partial charge in [-0.3, -0.25) is 9.59 Å². The molecule has 2 N–H and O–H groups in total. The number of amides is 3. The van der Waals surface area contributed by atoms with E-state index in [0.717, 1.165) is 11.1 Å². The second kappa shape index (κ2) is 15.5. The Kier molecular flexibility index (Phi) is 12.3. The molecule has 3 amide bonds. The molecule has 35 heavy (non-hydrogen) atoms. The highest BCUT2D eigenvalue weighted by Crippen LogP contribution is 2.10. The molecule has 2 atom stereocenters. The van der Waals surface area contributed by atoms with Crippen LogP contribution in [0.1, 0.15) is 18.1 Å². The minimum atomic E-state index is -0.848. The van der Waals surface area contributed by atoms with Crippen molar-refractivity contribution in [3.8, 4) is 0 Å². The summed E-state index contributed by atoms with van der Waals surface area (Å²) >= 11 is 0. The fourth-order valence-electron chi connectivity index (χ4n) is 3.50. The molecule has 0 spiro atoms. The Bertz CT molecular complexity index is 910. The van der Waals surface area contributed by atoms with E-state index in [1.54, 1.807) is 4.90 Å². The van der Waals surface area contributed by atoms with Gasteiger partial charge in [-0.05, 0) is 24.5 Å². The lowest BCUT2D eigenvalue weighted by atomic mass is 10.0. The van der Waals surface area contributed by atoms with E-state index >= 15 is 0 Å². The van der Waals surface area contributed by atoms with Gasteiger partial charge in [0.25, 0.3) is 0 Å². The first-order valence-electron chi connectivity index (χ1n) is 11.6. The summed E-state index contributed by atoms with van der Waals surface area (Å²) in [4.78, 5) is 39.3. The van der Waals surface area contributed by atoms with Crippen LogP contribution in [0.25, 0.3) is 0 Å². The van der Waals surface area contributed by atoms with E-state index in [4.69, 9.17) is 9.47 Å². The standard InChI is InChI=1S/C26H35N3O6/c1-4-35-24(33-2)19-29(16-15-20-11-7-5-8-12-20)25(31)22(17-21-13-9-6-10-14-21)28-23(30)18-27-26(32)34-3/h5-14,22,24H,4,15-19H2,1-3H3,(H,27,32)(H,28,30)/t22-,24?/m0/s1. The molecule has 2 aromatic rings. The van der Waals surface area contributed by atoms with Gasteiger partial charge in [0.1, 0.15) is 12.6 Å². The molecule has 0 saturated heterocycles. The van der Waals surface area contributed by atoms with E-state index < -0.39 is 24.3 Å². The maximum Gasteiger partial charge on any atom is 0.407 e. The van der Waals surface area contributed by atoms with Gasteiger partial charge in [0, 0.05) is 26.7 Å². The van der Waals surface area contributed by atoms with Gasteiger partial charge in [-0.2, -0.15) is 0 Å². The van der Waals surface area contributed by atoms with Gasteiger partial charge in [-0.15, -0.1) is 0 Å². The van der Waals surface area contributed by atoms with E-state index in [0.29, 0.717) is 19.6 Å². The number of nitrogens with one attached hydrogen (secondary N) is 2. The second-order valence-electron chi connectivity index (χ2n) is 7.80. The van der Waals surface area contributed by atoms with Crippen molar-refractivity contribution in [3.05, 3.63) is 71.8 Å². The topological polar surface area (TPSA) is 106 Å². The van der Waals surface area contributed by atoms with Crippen LogP contribution in [0, 0.1) is 0 Å². The normalized spacial score (nSPS) is 12.3. The maximum absolute atomic E-state index is 13.7. The average Bonchev–Trinajstić information content (AvgIpc) is 2.89. The summed E-state index contributed by atoms with van der Waals surface area (Å²) in [7, 11) is 2.74. The molecule has 0 aliphatic rings. The smallest absolute Gasteiger partial charge is 0.407 e. The van der Waals surface area contributed by atoms with Crippen LogP contribution in [0.2, 0.25) is 0 Å². The van der Waals surface area contributed by atoms with Gasteiger partial charge in [-0.25, -0.2) is 4.79 Å². The third-order valence-electron chi connectivity index (χ3n) is 5.30. The molecular formula is C26H35N3O6. The summed E-state index contributed by atoms with van der Waals surface area (Å²) in [5.41, 5.74) is 1.98. The Morgan fingerprint density at radius 2 is 1.57 bits per heavy atom. The Morgan fingerprint density at radius 3 is 2.14 bits per heavy atom. The Hall–Kier alpha value is -3.43. The molecule has 190 valence electrons. The van der Waals surface area contributed by atoms with Crippen LogP contribution in [-0.4, -0.2) is 75.6 Å². The molecule has 1 unspecified atom stereocenters. The van der Waals surface area contributed by atoms with Crippen molar-refractivity contribution in [2.75, 3.05) is 40.5 Å². The van der Waals surface area contributed by atoms with Crippen molar-refractivity contribution in [2.24, 2.45) is 0 Å². The molecule has 0 radical (unpaired) electrons. The summed E-state index contributed by atoms with van der Waals surface area (Å²) in [6.45, 7) is 2.60. The number of carbonyl (C=O) groups is 3. The number of benzene rings is 2. The number of alkyl carbamates (subject to hydrolysis) is 1. The first-order valence-corrected chi connectivity index (χ1v) is 11.6. The largest absolute Gasteiger partial charge is 0.453 e. The van der Waals surface area contributed by atoms with E-state index in [9.17, 15) is 14.4 Å². The monoisotopic (exact) mass is 485 g/mol. The Morgan fingerprint density at radius 1 is 0.943 bits per heavy atom. The first kappa shape index (κ1) is 27.8. The number of hydrogen-bond acceptors (Lipinski definition) is 6. The zero-order chi connectivity index (χ0) is 25.5. The lowest BCUT2D eigenvalue weighted by Crippen LogP contribution is -2.53. The van der Waals surface area contributed by atoms with E-state index in [1.165, 1.54) is 14.2 Å². The van der Waals surface area contributed by atoms with Crippen LogP contribution >= 0.6 is 0 Å². The van der Waals surface area contributed by atoms with Gasteiger partial charge >= 0.3 is 6.09 Å². The molecular weight excluding hydrogens is 450 g/mol. The lowest BCUT2D eigenvalue weighted by molar-refractivity contribution is -0.153. The highest BCUT2D eigenvalue weighted by molar-refractivity contribution is 5.89. The molecule has 0 heterocycles. The third-order valence-corrected chi connectivity index (χ3v) is 5.30. The number of nitrogens with zero attached hydrogens (tertiary/aromatic N) is 1. The van der Waals surface area contributed by atoms with Gasteiger partial charge in [0.2, 0.25) is 11.8 Å². The molecule has 0 aromatic heterocycles. The zero-order valence-electron chi connectivity index (χ0n) is 20.6. The quantitative estimate of drug-likeness (QED) is 0.397. The van der Waals surface area contributed by atoms with Crippen LogP contribution < -0.4 is 10.6 Å². The molecule has 9 nitrogen and oxygen atoms in total. The van der Waals surface area contributed by atoms with Gasteiger partial charge < -0.3 is 29.7 Å². The highest BCUT2D eigenvalue weighted by atomic mass is 16.7. The minimum absolute atomic E-state index is 0.206. The highest BCUT2D eigenvalue weighted by Gasteiger charge is 2.28. The van der Waals surface area contributed by atoms with Crippen molar-refractivity contribution in [1.82, 2.24) is 15.5 Å². The molecule has 2 rings (SSSR count). The first-order chi connectivity index (χ1) is 17.0. The van der Waals surface area contributed by atoms with Crippen molar-refractivity contribution in [1.29, 1.82) is 0 Å². The van der Waals surface area contributed by atoms with E-state index in [2.05, 4.69) is 15.4 Å². The third kappa shape index (κ3) is 10.2. The SMILES string of the molecule is CCOC(CN(CCc1ccccc1)C(=O)[C@H](Cc1ccccc1)NC(=O)CNC(=O)OC)OC. The Labute approximate surface area is 206 Å². The predicted molar refractivity (Wildman–Crippen MR) is 132 cm³/mol. The van der Waals surface area contributed by atoms with E-state index in [-0.39, 0.29) is 25.4 Å². The molecule has 0 fully saturated rings. The summed E-state index contributed by atoms with van der Waals surface area (Å²) in [6.07, 6.45) is -0.410. The number of methoxy groups -OCH3 is 2. The fourth-order valence-corrected chi connectivity index (χ4v) is 3.50. The predicted octanol–water partition coefficient (Wildman–Crippen LogP) is 2.15. The molecule has 0 aliphatic heterocycles. The Balaban J connectivity index is 2.22. The van der Waals surface area contributed by atoms with Crippen molar-refractivity contribution >= 4 is 17.9 Å². The fraction of sp³-hybridized carbons (Fsp3) is 0.423. The van der Waals surface area contributed by atoms with Crippen LogP contribution in [0.3, 0.4) is 0 Å². The average molecular weight is 486 g/mol. The van der Waals surface area contributed by atoms with Gasteiger partial charge in [0.05, 0.1) is 13.7 Å². The van der Waals surface area contributed by atoms with Crippen molar-refractivity contribution in [2.45, 2.75) is 32.1 Å². The van der Waals surface area contributed by atoms with Crippen LogP contribution in [-0.2, 0) is 36.6 Å². The zero-order valence-corrected chi connectivity index (χ0v) is 20.6. The minimum Gasteiger partial charge on any atom is -0.453 e. The van der Waals surface area contributed by atoms with Crippen LogP contribution in [0.5, 0.6) is 0 Å². The van der Waals surface area contributed by atoms with Crippen molar-refractivity contribution < 1.29 is 28.6 Å². The number of carbonyl (C=O) groups excluding carboxylic acids is 3. The summed E-state index contributed by atoms with van der Waals surface area (Å²) in [5.74, 6) is -0.765.